The minimum Gasteiger partial charge on any atom is -0.482 e. The standard InChI is InChI=1S/C15H20Cl2N2O3S/c1-10-7-14(13(17)8-12(10)16)22-9-15(20)19-5-3-11(4-6-19)18-23(2)21/h7-8,11,18H,3-6,9H2,1-2H3. The molecule has 0 aliphatic carbocycles. The van der Waals surface area contributed by atoms with Crippen LogP contribution in [0.25, 0.3) is 0 Å². The van der Waals surface area contributed by atoms with Crippen LogP contribution in [0.15, 0.2) is 12.1 Å². The highest BCUT2D eigenvalue weighted by Crippen LogP contribution is 2.30. The Bertz CT molecular complexity index is 605. The molecular formula is C15H20Cl2N2O3S. The number of benzene rings is 1. The number of carbonyl (C=O) groups excluding carboxylic acids is 1. The monoisotopic (exact) mass is 378 g/mol. The predicted molar refractivity (Wildman–Crippen MR) is 93.5 cm³/mol. The maximum Gasteiger partial charge on any atom is 0.260 e. The van der Waals surface area contributed by atoms with Crippen molar-refractivity contribution in [1.82, 2.24) is 9.62 Å². The lowest BCUT2D eigenvalue weighted by atomic mass is 10.1. The SMILES string of the molecule is Cc1cc(OCC(=O)N2CCC(NS(C)=O)CC2)c(Cl)cc1Cl. The van der Waals surface area contributed by atoms with Crippen molar-refractivity contribution in [2.45, 2.75) is 25.8 Å². The van der Waals surface area contributed by atoms with Gasteiger partial charge in [-0.3, -0.25) is 4.79 Å². The van der Waals surface area contributed by atoms with Gasteiger partial charge in [0.15, 0.2) is 6.61 Å². The summed E-state index contributed by atoms with van der Waals surface area (Å²) in [6.45, 7) is 3.05. The van der Waals surface area contributed by atoms with Gasteiger partial charge in [-0.1, -0.05) is 23.2 Å². The van der Waals surface area contributed by atoms with E-state index >= 15 is 0 Å². The molecule has 2 rings (SSSR count). The summed E-state index contributed by atoms with van der Waals surface area (Å²) in [5.41, 5.74) is 0.845. The molecule has 1 aromatic carbocycles. The Morgan fingerprint density at radius 2 is 2.00 bits per heavy atom. The number of nitrogens with one attached hydrogen (secondary N) is 1. The van der Waals surface area contributed by atoms with E-state index < -0.39 is 11.0 Å². The number of carbonyl (C=O) groups is 1. The zero-order valence-corrected chi connectivity index (χ0v) is 15.4. The molecule has 1 aliphatic rings. The summed E-state index contributed by atoms with van der Waals surface area (Å²) in [4.78, 5) is 14.0. The number of amides is 1. The van der Waals surface area contributed by atoms with Crippen molar-refractivity contribution in [3.05, 3.63) is 27.7 Å². The van der Waals surface area contributed by atoms with Crippen molar-refractivity contribution in [2.24, 2.45) is 0 Å². The second-order valence-electron chi connectivity index (χ2n) is 5.55. The Hall–Kier alpha value is -0.820. The summed E-state index contributed by atoms with van der Waals surface area (Å²) in [7, 11) is -1.02. The first-order chi connectivity index (χ1) is 10.9. The highest BCUT2D eigenvalue weighted by Gasteiger charge is 2.23. The van der Waals surface area contributed by atoms with E-state index in [1.807, 2.05) is 6.92 Å². The number of nitrogens with zero attached hydrogens (tertiary/aromatic N) is 1. The molecule has 1 aliphatic heterocycles. The number of hydrogen-bond donors (Lipinski definition) is 1. The molecule has 0 saturated carbocycles. The van der Waals surface area contributed by atoms with E-state index in [9.17, 15) is 9.00 Å². The Morgan fingerprint density at radius 1 is 1.35 bits per heavy atom. The Labute approximate surface area is 148 Å². The van der Waals surface area contributed by atoms with E-state index in [-0.39, 0.29) is 18.6 Å². The van der Waals surface area contributed by atoms with Crippen molar-refractivity contribution in [3.8, 4) is 5.75 Å². The van der Waals surface area contributed by atoms with Gasteiger partial charge in [-0.2, -0.15) is 0 Å². The molecule has 5 nitrogen and oxygen atoms in total. The second-order valence-corrected chi connectivity index (χ2v) is 7.51. The van der Waals surface area contributed by atoms with Crippen LogP contribution >= 0.6 is 23.2 Å². The molecule has 1 heterocycles. The maximum absolute atomic E-state index is 12.2. The molecular weight excluding hydrogens is 359 g/mol. The lowest BCUT2D eigenvalue weighted by Gasteiger charge is -2.31. The molecule has 0 spiro atoms. The summed E-state index contributed by atoms with van der Waals surface area (Å²) < 4.78 is 19.7. The van der Waals surface area contributed by atoms with Crippen molar-refractivity contribution < 1.29 is 13.7 Å². The smallest absolute Gasteiger partial charge is 0.260 e. The molecule has 1 unspecified atom stereocenters. The largest absolute Gasteiger partial charge is 0.482 e. The summed E-state index contributed by atoms with van der Waals surface area (Å²) in [5, 5.41) is 0.957. The first-order valence-electron chi connectivity index (χ1n) is 7.32. The number of aryl methyl sites for hydroxylation is 1. The molecule has 0 radical (unpaired) electrons. The number of rotatable bonds is 5. The van der Waals surface area contributed by atoms with Crippen LogP contribution in [0, 0.1) is 6.92 Å². The van der Waals surface area contributed by atoms with Crippen molar-refractivity contribution in [3.63, 3.8) is 0 Å². The Balaban J connectivity index is 1.84. The van der Waals surface area contributed by atoms with E-state index in [0.29, 0.717) is 28.9 Å². The third kappa shape index (κ3) is 5.35. The predicted octanol–water partition coefficient (Wildman–Crippen LogP) is 2.55. The Morgan fingerprint density at radius 3 is 2.61 bits per heavy atom. The van der Waals surface area contributed by atoms with E-state index in [1.165, 1.54) is 0 Å². The molecule has 1 fully saturated rings. The average molecular weight is 379 g/mol. The van der Waals surface area contributed by atoms with Crippen molar-refractivity contribution in [1.29, 1.82) is 0 Å². The second kappa shape index (κ2) is 8.33. The van der Waals surface area contributed by atoms with Gasteiger partial charge in [0.1, 0.15) is 5.75 Å². The van der Waals surface area contributed by atoms with Gasteiger partial charge < -0.3 is 9.64 Å². The van der Waals surface area contributed by atoms with Crippen molar-refractivity contribution in [2.75, 3.05) is 26.0 Å². The number of ether oxygens (including phenoxy) is 1. The van der Waals surface area contributed by atoms with Crippen molar-refractivity contribution >= 4 is 40.1 Å². The van der Waals surface area contributed by atoms with E-state index in [1.54, 1.807) is 23.3 Å². The molecule has 1 atom stereocenters. The minimum atomic E-state index is -1.02. The molecule has 23 heavy (non-hydrogen) atoms. The molecule has 1 saturated heterocycles. The van der Waals surface area contributed by atoms with Crippen LogP contribution in [-0.4, -0.2) is 47.0 Å². The molecule has 0 aromatic heterocycles. The summed E-state index contributed by atoms with van der Waals surface area (Å²) in [6, 6.07) is 3.53. The number of piperidine rings is 1. The van der Waals surface area contributed by atoms with Gasteiger partial charge in [0.05, 0.1) is 16.0 Å². The Kier molecular flexibility index (Phi) is 6.71. The van der Waals surface area contributed by atoms with Gasteiger partial charge in [-0.05, 0) is 37.5 Å². The summed E-state index contributed by atoms with van der Waals surface area (Å²) in [5.74, 6) is 0.379. The van der Waals surface area contributed by atoms with Gasteiger partial charge in [0.2, 0.25) is 0 Å². The van der Waals surface area contributed by atoms with Gasteiger partial charge >= 0.3 is 0 Å². The van der Waals surface area contributed by atoms with E-state index in [4.69, 9.17) is 27.9 Å². The average Bonchev–Trinajstić information content (AvgIpc) is 2.49. The number of halogens is 2. The fourth-order valence-corrected chi connectivity index (χ4v) is 3.60. The van der Waals surface area contributed by atoms with Crippen LogP contribution in [0.4, 0.5) is 0 Å². The first kappa shape index (κ1) is 18.5. The van der Waals surface area contributed by atoms with Crippen LogP contribution < -0.4 is 9.46 Å². The maximum atomic E-state index is 12.2. The molecule has 1 N–H and O–H groups in total. The normalized spacial score (nSPS) is 17.1. The zero-order valence-electron chi connectivity index (χ0n) is 13.1. The van der Waals surface area contributed by atoms with Gasteiger partial charge in [-0.15, -0.1) is 0 Å². The number of likely N-dealkylation sites (tertiary alicyclic amines) is 1. The van der Waals surface area contributed by atoms with Gasteiger partial charge in [-0.25, -0.2) is 8.93 Å². The van der Waals surface area contributed by atoms with Gasteiger partial charge in [0, 0.05) is 30.4 Å². The van der Waals surface area contributed by atoms with E-state index in [2.05, 4.69) is 4.72 Å². The topological polar surface area (TPSA) is 58.6 Å². The highest BCUT2D eigenvalue weighted by atomic mass is 35.5. The highest BCUT2D eigenvalue weighted by molar-refractivity contribution is 7.82. The van der Waals surface area contributed by atoms with E-state index in [0.717, 1.165) is 18.4 Å². The third-order valence-corrected chi connectivity index (χ3v) is 5.11. The van der Waals surface area contributed by atoms with Crippen LogP contribution in [-0.2, 0) is 15.8 Å². The quantitative estimate of drug-likeness (QED) is 0.856. The lowest BCUT2D eigenvalue weighted by Crippen LogP contribution is -2.46. The summed E-state index contributed by atoms with van der Waals surface area (Å²) >= 11 is 12.0. The lowest BCUT2D eigenvalue weighted by molar-refractivity contribution is -0.134. The molecule has 128 valence electrons. The fraction of sp³-hybridized carbons (Fsp3) is 0.533. The van der Waals surface area contributed by atoms with Crippen LogP contribution in [0.5, 0.6) is 5.75 Å². The molecule has 1 aromatic rings. The molecule has 0 bridgehead atoms. The minimum absolute atomic E-state index is 0.0569. The fourth-order valence-electron chi connectivity index (χ4n) is 2.45. The third-order valence-electron chi connectivity index (χ3n) is 3.74. The molecule has 8 heteroatoms. The first-order valence-corrected chi connectivity index (χ1v) is 9.64. The molecule has 1 amide bonds. The summed E-state index contributed by atoms with van der Waals surface area (Å²) in [6.07, 6.45) is 3.18. The van der Waals surface area contributed by atoms with Gasteiger partial charge in [0.25, 0.3) is 5.91 Å². The zero-order chi connectivity index (χ0) is 17.0. The number of hydrogen-bond acceptors (Lipinski definition) is 3. The van der Waals surface area contributed by atoms with Crippen LogP contribution in [0.1, 0.15) is 18.4 Å². The van der Waals surface area contributed by atoms with Crippen LogP contribution in [0.2, 0.25) is 10.0 Å². The van der Waals surface area contributed by atoms with Crippen LogP contribution in [0.3, 0.4) is 0 Å².